The number of imide groups is 2. The number of nitrogens with zero attached hydrogens (tertiary/aromatic N) is 1. The number of hydrogen-bond donors (Lipinski definition) is 1. The van der Waals surface area contributed by atoms with Crippen molar-refractivity contribution >= 4 is 17.8 Å². The van der Waals surface area contributed by atoms with Crippen LogP contribution in [0.15, 0.2) is 12.7 Å². The first-order chi connectivity index (χ1) is 6.62. The highest BCUT2D eigenvalue weighted by molar-refractivity contribution is 6.20. The molecule has 1 aliphatic heterocycles. The highest BCUT2D eigenvalue weighted by Crippen LogP contribution is 2.48. The lowest BCUT2D eigenvalue weighted by Gasteiger charge is -2.29. The van der Waals surface area contributed by atoms with E-state index in [2.05, 4.69) is 11.9 Å². The highest BCUT2D eigenvalue weighted by atomic mass is 16.2. The molecule has 5 heteroatoms. The number of amides is 4. The van der Waals surface area contributed by atoms with Crippen LogP contribution in [0.3, 0.4) is 0 Å². The normalized spacial score (nSPS) is 23.7. The predicted molar refractivity (Wildman–Crippen MR) is 47.1 cm³/mol. The summed E-state index contributed by atoms with van der Waals surface area (Å²) in [6, 6.07) is -0.641. The molecule has 1 aliphatic carbocycles. The van der Waals surface area contributed by atoms with Crippen LogP contribution in [0.25, 0.3) is 0 Å². The molecule has 1 saturated carbocycles. The van der Waals surface area contributed by atoms with E-state index in [1.807, 2.05) is 0 Å². The zero-order valence-corrected chi connectivity index (χ0v) is 7.58. The van der Waals surface area contributed by atoms with Crippen molar-refractivity contribution in [2.24, 2.45) is 5.41 Å². The lowest BCUT2D eigenvalue weighted by atomic mass is 10.0. The Labute approximate surface area is 80.8 Å². The SMILES string of the molecule is C=CCN1C(=O)NC(=O)C2(CC2)C1=O. The second-order valence-corrected chi connectivity index (χ2v) is 3.55. The summed E-state index contributed by atoms with van der Waals surface area (Å²) in [6.45, 7) is 3.60. The van der Waals surface area contributed by atoms with Crippen LogP contribution in [0.4, 0.5) is 4.79 Å². The van der Waals surface area contributed by atoms with Crippen LogP contribution in [0, 0.1) is 5.41 Å². The summed E-state index contributed by atoms with van der Waals surface area (Å²) >= 11 is 0. The molecular formula is C9H10N2O3. The summed E-state index contributed by atoms with van der Waals surface area (Å²) < 4.78 is 0. The molecule has 0 aromatic heterocycles. The van der Waals surface area contributed by atoms with Gasteiger partial charge in [0.15, 0.2) is 0 Å². The van der Waals surface area contributed by atoms with E-state index in [1.54, 1.807) is 0 Å². The van der Waals surface area contributed by atoms with Crippen molar-refractivity contribution in [2.75, 3.05) is 6.54 Å². The van der Waals surface area contributed by atoms with Crippen molar-refractivity contribution in [3.8, 4) is 0 Å². The first-order valence-electron chi connectivity index (χ1n) is 4.40. The van der Waals surface area contributed by atoms with E-state index in [9.17, 15) is 14.4 Å². The van der Waals surface area contributed by atoms with Gasteiger partial charge in [0.05, 0.1) is 0 Å². The number of hydrogen-bond acceptors (Lipinski definition) is 3. The summed E-state index contributed by atoms with van der Waals surface area (Å²) in [6.07, 6.45) is 2.54. The molecule has 2 aliphatic rings. The van der Waals surface area contributed by atoms with E-state index < -0.39 is 17.4 Å². The fraction of sp³-hybridized carbons (Fsp3) is 0.444. The Hall–Kier alpha value is -1.65. The van der Waals surface area contributed by atoms with Gasteiger partial charge in [0.1, 0.15) is 5.41 Å². The third kappa shape index (κ3) is 0.982. The van der Waals surface area contributed by atoms with E-state index in [0.717, 1.165) is 4.90 Å². The van der Waals surface area contributed by atoms with Crippen LogP contribution >= 0.6 is 0 Å². The minimum atomic E-state index is -0.934. The molecular weight excluding hydrogens is 184 g/mol. The summed E-state index contributed by atoms with van der Waals surface area (Å²) in [5, 5.41) is 2.18. The Bertz CT molecular complexity index is 344. The summed E-state index contributed by atoms with van der Waals surface area (Å²) in [4.78, 5) is 35.3. The summed E-state index contributed by atoms with van der Waals surface area (Å²) in [5.74, 6) is -0.834. The van der Waals surface area contributed by atoms with Crippen LogP contribution in [0.5, 0.6) is 0 Å². The smallest absolute Gasteiger partial charge is 0.277 e. The molecule has 2 rings (SSSR count). The van der Waals surface area contributed by atoms with E-state index >= 15 is 0 Å². The van der Waals surface area contributed by atoms with Gasteiger partial charge >= 0.3 is 6.03 Å². The molecule has 0 unspecified atom stereocenters. The van der Waals surface area contributed by atoms with Gasteiger partial charge in [-0.3, -0.25) is 19.8 Å². The number of rotatable bonds is 2. The van der Waals surface area contributed by atoms with Gasteiger partial charge in [-0.05, 0) is 12.8 Å². The van der Waals surface area contributed by atoms with Crippen LogP contribution in [-0.2, 0) is 9.59 Å². The zero-order valence-electron chi connectivity index (χ0n) is 7.58. The summed E-state index contributed by atoms with van der Waals surface area (Å²) in [5.41, 5.74) is -0.934. The molecule has 1 spiro atoms. The quantitative estimate of drug-likeness (QED) is 0.498. The number of carbonyl (C=O) groups excluding carboxylic acids is 3. The van der Waals surface area contributed by atoms with E-state index in [0.29, 0.717) is 12.8 Å². The molecule has 4 amide bonds. The standard InChI is InChI=1S/C9H10N2O3/c1-2-5-11-7(13)9(3-4-9)6(12)10-8(11)14/h2H,1,3-5H2,(H,10,12,14). The molecule has 0 bridgehead atoms. The van der Waals surface area contributed by atoms with Crippen molar-refractivity contribution in [3.05, 3.63) is 12.7 Å². The van der Waals surface area contributed by atoms with E-state index in [-0.39, 0.29) is 12.5 Å². The van der Waals surface area contributed by atoms with Gasteiger partial charge in [-0.2, -0.15) is 0 Å². The van der Waals surface area contributed by atoms with Crippen LogP contribution in [0.2, 0.25) is 0 Å². The van der Waals surface area contributed by atoms with Gasteiger partial charge in [0.2, 0.25) is 11.8 Å². The largest absolute Gasteiger partial charge is 0.331 e. The number of carbonyl (C=O) groups is 3. The van der Waals surface area contributed by atoms with Crippen LogP contribution < -0.4 is 5.32 Å². The highest BCUT2D eigenvalue weighted by Gasteiger charge is 2.61. The van der Waals surface area contributed by atoms with Crippen LogP contribution in [-0.4, -0.2) is 29.3 Å². The minimum absolute atomic E-state index is 0.152. The van der Waals surface area contributed by atoms with Gasteiger partial charge < -0.3 is 0 Å². The maximum absolute atomic E-state index is 11.7. The minimum Gasteiger partial charge on any atom is -0.277 e. The lowest BCUT2D eigenvalue weighted by molar-refractivity contribution is -0.144. The van der Waals surface area contributed by atoms with Gasteiger partial charge in [0.25, 0.3) is 0 Å². The van der Waals surface area contributed by atoms with E-state index in [4.69, 9.17) is 0 Å². The third-order valence-electron chi connectivity index (χ3n) is 2.62. The summed E-state index contributed by atoms with van der Waals surface area (Å²) in [7, 11) is 0. The van der Waals surface area contributed by atoms with Crippen molar-refractivity contribution in [1.29, 1.82) is 0 Å². The van der Waals surface area contributed by atoms with E-state index in [1.165, 1.54) is 6.08 Å². The van der Waals surface area contributed by atoms with Crippen LogP contribution in [0.1, 0.15) is 12.8 Å². The molecule has 1 heterocycles. The monoisotopic (exact) mass is 194 g/mol. The molecule has 0 atom stereocenters. The molecule has 0 aromatic carbocycles. The molecule has 1 saturated heterocycles. The van der Waals surface area contributed by atoms with Crippen molar-refractivity contribution in [3.63, 3.8) is 0 Å². The Morgan fingerprint density at radius 1 is 1.43 bits per heavy atom. The molecule has 5 nitrogen and oxygen atoms in total. The maximum Gasteiger partial charge on any atom is 0.331 e. The number of nitrogens with one attached hydrogen (secondary N) is 1. The zero-order chi connectivity index (χ0) is 10.3. The Morgan fingerprint density at radius 2 is 2.07 bits per heavy atom. The fourth-order valence-electron chi connectivity index (χ4n) is 1.59. The topological polar surface area (TPSA) is 66.5 Å². The molecule has 1 N–H and O–H groups in total. The Morgan fingerprint density at radius 3 is 2.57 bits per heavy atom. The molecule has 2 fully saturated rings. The van der Waals surface area contributed by atoms with Gasteiger partial charge in [-0.25, -0.2) is 4.79 Å². The Balaban J connectivity index is 2.27. The predicted octanol–water partition coefficient (Wildman–Crippen LogP) is 0.0310. The Kier molecular flexibility index (Phi) is 1.70. The first-order valence-corrected chi connectivity index (χ1v) is 4.40. The molecule has 0 aromatic rings. The van der Waals surface area contributed by atoms with Gasteiger partial charge in [0, 0.05) is 6.54 Å². The van der Waals surface area contributed by atoms with Gasteiger partial charge in [-0.15, -0.1) is 6.58 Å². The number of barbiturate groups is 1. The van der Waals surface area contributed by atoms with Crippen molar-refractivity contribution in [1.82, 2.24) is 10.2 Å². The maximum atomic E-state index is 11.7. The van der Waals surface area contributed by atoms with Crippen molar-refractivity contribution < 1.29 is 14.4 Å². The van der Waals surface area contributed by atoms with Crippen molar-refractivity contribution in [2.45, 2.75) is 12.8 Å². The molecule has 14 heavy (non-hydrogen) atoms. The lowest BCUT2D eigenvalue weighted by Crippen LogP contribution is -2.59. The fourth-order valence-corrected chi connectivity index (χ4v) is 1.59. The number of urea groups is 1. The van der Waals surface area contributed by atoms with Gasteiger partial charge in [-0.1, -0.05) is 6.08 Å². The second kappa shape index (κ2) is 2.67. The average molecular weight is 194 g/mol. The first kappa shape index (κ1) is 8.93. The average Bonchev–Trinajstić information content (AvgIpc) is 2.91. The third-order valence-corrected chi connectivity index (χ3v) is 2.62. The second-order valence-electron chi connectivity index (χ2n) is 3.55. The molecule has 74 valence electrons. The molecule has 0 radical (unpaired) electrons.